The van der Waals surface area contributed by atoms with E-state index in [1.54, 1.807) is 50.2 Å². The van der Waals surface area contributed by atoms with Crippen molar-refractivity contribution in [3.63, 3.8) is 0 Å². The van der Waals surface area contributed by atoms with Crippen LogP contribution in [0.5, 0.6) is 5.75 Å². The number of ether oxygens (including phenoxy) is 1. The van der Waals surface area contributed by atoms with Crippen LogP contribution in [0.25, 0.3) is 0 Å². The first-order valence-electron chi connectivity index (χ1n) is 13.0. The number of sulfonamides is 1. The maximum Gasteiger partial charge on any atom is 0.264 e. The number of hydrogen-bond acceptors (Lipinski definition) is 5. The zero-order valence-electron chi connectivity index (χ0n) is 23.2. The van der Waals surface area contributed by atoms with E-state index in [4.69, 9.17) is 4.74 Å². The number of aryl methyl sites for hydroxylation is 2. The van der Waals surface area contributed by atoms with Crippen molar-refractivity contribution in [2.24, 2.45) is 0 Å². The molecule has 0 spiro atoms. The van der Waals surface area contributed by atoms with E-state index in [2.05, 4.69) is 5.32 Å². The van der Waals surface area contributed by atoms with E-state index in [1.165, 1.54) is 17.0 Å². The van der Waals surface area contributed by atoms with E-state index in [-0.39, 0.29) is 17.3 Å². The summed E-state index contributed by atoms with van der Waals surface area (Å²) in [5.74, 6) is -0.221. The highest BCUT2D eigenvalue weighted by Crippen LogP contribution is 2.27. The average Bonchev–Trinajstić information content (AvgIpc) is 2.92. The predicted molar refractivity (Wildman–Crippen MR) is 153 cm³/mol. The molecule has 0 saturated heterocycles. The van der Waals surface area contributed by atoms with Gasteiger partial charge in [-0.3, -0.25) is 13.9 Å². The Balaban J connectivity index is 2.04. The molecule has 1 atom stereocenters. The fourth-order valence-electron chi connectivity index (χ4n) is 4.12. The Bertz CT molecular complexity index is 1370. The van der Waals surface area contributed by atoms with Gasteiger partial charge in [0.15, 0.2) is 0 Å². The summed E-state index contributed by atoms with van der Waals surface area (Å²) in [6.45, 7) is 9.67. The minimum absolute atomic E-state index is 0.0667. The summed E-state index contributed by atoms with van der Waals surface area (Å²) in [5, 5.41) is 2.77. The maximum absolute atomic E-state index is 13.9. The van der Waals surface area contributed by atoms with Gasteiger partial charge in [0.2, 0.25) is 11.8 Å². The summed E-state index contributed by atoms with van der Waals surface area (Å²) >= 11 is 0. The Hall–Kier alpha value is -3.85. The molecule has 39 heavy (non-hydrogen) atoms. The van der Waals surface area contributed by atoms with Crippen molar-refractivity contribution in [2.45, 2.75) is 52.1 Å². The molecule has 8 nitrogen and oxygen atoms in total. The molecule has 2 amide bonds. The number of nitrogens with zero attached hydrogens (tertiary/aromatic N) is 2. The molecule has 0 bridgehead atoms. The van der Waals surface area contributed by atoms with Gasteiger partial charge in [-0.2, -0.15) is 0 Å². The number of nitrogens with one attached hydrogen (secondary N) is 1. The van der Waals surface area contributed by atoms with Gasteiger partial charge < -0.3 is 15.0 Å². The van der Waals surface area contributed by atoms with Gasteiger partial charge in [-0.25, -0.2) is 8.42 Å². The molecule has 0 aliphatic heterocycles. The van der Waals surface area contributed by atoms with Gasteiger partial charge in [0.1, 0.15) is 18.3 Å². The summed E-state index contributed by atoms with van der Waals surface area (Å²) in [7, 11) is -4.12. The lowest BCUT2D eigenvalue weighted by atomic mass is 10.1. The van der Waals surface area contributed by atoms with E-state index in [9.17, 15) is 18.0 Å². The first kappa shape index (κ1) is 29.7. The summed E-state index contributed by atoms with van der Waals surface area (Å²) < 4.78 is 34.4. The molecule has 0 aliphatic rings. The molecule has 0 heterocycles. The van der Waals surface area contributed by atoms with Gasteiger partial charge in [-0.05, 0) is 82.1 Å². The molecular weight excluding hydrogens is 514 g/mol. The quantitative estimate of drug-likeness (QED) is 0.359. The number of rotatable bonds is 12. The highest BCUT2D eigenvalue weighted by Gasteiger charge is 2.32. The minimum atomic E-state index is -4.12. The fraction of sp³-hybridized carbons (Fsp3) is 0.333. The number of carbonyl (C=O) groups excluding carboxylic acids is 2. The maximum atomic E-state index is 13.9. The van der Waals surface area contributed by atoms with Crippen LogP contribution in [-0.4, -0.2) is 50.9 Å². The number of benzene rings is 3. The van der Waals surface area contributed by atoms with Crippen molar-refractivity contribution in [3.8, 4) is 5.75 Å². The number of amides is 2. The number of likely N-dealkylation sites (N-methyl/N-ethyl adjacent to an activating group) is 1. The smallest absolute Gasteiger partial charge is 0.264 e. The summed E-state index contributed by atoms with van der Waals surface area (Å²) in [6, 6.07) is 19.8. The molecule has 3 rings (SSSR count). The average molecular weight is 552 g/mol. The van der Waals surface area contributed by atoms with Gasteiger partial charge in [0.25, 0.3) is 10.0 Å². The molecule has 0 saturated carbocycles. The molecule has 3 aromatic carbocycles. The summed E-state index contributed by atoms with van der Waals surface area (Å²) in [5.41, 5.74) is 3.07. The van der Waals surface area contributed by atoms with Crippen LogP contribution < -0.4 is 14.4 Å². The second kappa shape index (κ2) is 13.3. The third kappa shape index (κ3) is 7.38. The fourth-order valence-corrected chi connectivity index (χ4v) is 5.53. The van der Waals surface area contributed by atoms with Gasteiger partial charge in [-0.15, -0.1) is 0 Å². The van der Waals surface area contributed by atoms with Crippen molar-refractivity contribution < 1.29 is 22.7 Å². The Morgan fingerprint density at radius 2 is 1.56 bits per heavy atom. The number of carbonyl (C=O) groups is 2. The summed E-state index contributed by atoms with van der Waals surface area (Å²) in [4.78, 5) is 28.2. The zero-order valence-corrected chi connectivity index (χ0v) is 24.0. The zero-order chi connectivity index (χ0) is 28.6. The van der Waals surface area contributed by atoms with Crippen molar-refractivity contribution >= 4 is 27.5 Å². The molecule has 1 unspecified atom stereocenters. The monoisotopic (exact) mass is 551 g/mol. The Morgan fingerprint density at radius 1 is 0.923 bits per heavy atom. The van der Waals surface area contributed by atoms with E-state index in [0.29, 0.717) is 24.6 Å². The lowest BCUT2D eigenvalue weighted by Gasteiger charge is -2.32. The van der Waals surface area contributed by atoms with Crippen molar-refractivity contribution in [3.05, 3.63) is 89.5 Å². The van der Waals surface area contributed by atoms with E-state index < -0.39 is 28.5 Å². The van der Waals surface area contributed by atoms with Crippen LogP contribution in [0.1, 0.15) is 37.5 Å². The molecule has 0 radical (unpaired) electrons. The normalized spacial score (nSPS) is 11.9. The molecule has 0 aromatic heterocycles. The SMILES string of the molecule is CCNC(=O)C(C)N(Cc1ccccc1C)C(=O)CN(c1ccc(OCC)cc1)S(=O)(=O)c1ccc(C)cc1. The van der Waals surface area contributed by atoms with Gasteiger partial charge in [0, 0.05) is 13.1 Å². The van der Waals surface area contributed by atoms with E-state index in [1.807, 2.05) is 45.0 Å². The van der Waals surface area contributed by atoms with Crippen LogP contribution in [0.3, 0.4) is 0 Å². The largest absolute Gasteiger partial charge is 0.494 e. The lowest BCUT2D eigenvalue weighted by molar-refractivity contribution is -0.139. The Morgan fingerprint density at radius 3 is 2.15 bits per heavy atom. The molecule has 9 heteroatoms. The molecule has 0 fully saturated rings. The van der Waals surface area contributed by atoms with Crippen LogP contribution in [-0.2, 0) is 26.2 Å². The number of anilines is 1. The highest BCUT2D eigenvalue weighted by molar-refractivity contribution is 7.92. The topological polar surface area (TPSA) is 96.0 Å². The molecule has 208 valence electrons. The van der Waals surface area contributed by atoms with Gasteiger partial charge in [-0.1, -0.05) is 42.0 Å². The van der Waals surface area contributed by atoms with Crippen LogP contribution in [0.2, 0.25) is 0 Å². The highest BCUT2D eigenvalue weighted by atomic mass is 32.2. The second-order valence-electron chi connectivity index (χ2n) is 9.27. The van der Waals surface area contributed by atoms with Gasteiger partial charge in [0.05, 0.1) is 17.2 Å². The Kier molecular flexibility index (Phi) is 10.1. The van der Waals surface area contributed by atoms with Crippen molar-refractivity contribution in [2.75, 3.05) is 24.0 Å². The third-order valence-corrected chi connectivity index (χ3v) is 8.23. The molecule has 3 aromatic rings. The third-order valence-electron chi connectivity index (χ3n) is 6.44. The number of hydrogen-bond donors (Lipinski definition) is 1. The van der Waals surface area contributed by atoms with Gasteiger partial charge >= 0.3 is 0 Å². The first-order chi connectivity index (χ1) is 18.6. The van der Waals surface area contributed by atoms with E-state index >= 15 is 0 Å². The van der Waals surface area contributed by atoms with Crippen LogP contribution >= 0.6 is 0 Å². The minimum Gasteiger partial charge on any atom is -0.494 e. The lowest BCUT2D eigenvalue weighted by Crippen LogP contribution is -2.51. The van der Waals surface area contributed by atoms with Crippen LogP contribution in [0.4, 0.5) is 5.69 Å². The van der Waals surface area contributed by atoms with Crippen molar-refractivity contribution in [1.29, 1.82) is 0 Å². The van der Waals surface area contributed by atoms with Crippen LogP contribution in [0.15, 0.2) is 77.7 Å². The molecule has 1 N–H and O–H groups in total. The van der Waals surface area contributed by atoms with E-state index in [0.717, 1.165) is 21.0 Å². The standard InChI is InChI=1S/C30H37N3O5S/c1-6-31-30(35)24(5)32(20-25-11-9-8-10-23(25)4)29(34)21-33(26-14-16-27(17-15-26)38-7-2)39(36,37)28-18-12-22(3)13-19-28/h8-19,24H,6-7,20-21H2,1-5H3,(H,31,35). The molecular formula is C30H37N3O5S. The summed E-state index contributed by atoms with van der Waals surface area (Å²) in [6.07, 6.45) is 0. The van der Waals surface area contributed by atoms with Crippen LogP contribution in [0, 0.1) is 13.8 Å². The second-order valence-corrected chi connectivity index (χ2v) is 11.1. The van der Waals surface area contributed by atoms with Crippen molar-refractivity contribution in [1.82, 2.24) is 10.2 Å². The first-order valence-corrected chi connectivity index (χ1v) is 14.5. The molecule has 0 aliphatic carbocycles. The Labute approximate surface area is 231 Å². The predicted octanol–water partition coefficient (Wildman–Crippen LogP) is 4.45.